The highest BCUT2D eigenvalue weighted by Gasteiger charge is 2.16. The summed E-state index contributed by atoms with van der Waals surface area (Å²) in [5.74, 6) is -0.461. The van der Waals surface area contributed by atoms with Crippen LogP contribution in [0, 0.1) is 0 Å². The maximum atomic E-state index is 12.2. The Balaban J connectivity index is 2.82. The lowest BCUT2D eigenvalue weighted by atomic mass is 10.2. The first kappa shape index (κ1) is 16.3. The van der Waals surface area contributed by atoms with Crippen molar-refractivity contribution in [3.63, 3.8) is 0 Å². The number of carbonyl (C=O) groups is 1. The Hall–Kier alpha value is -1.73. The van der Waals surface area contributed by atoms with Crippen molar-refractivity contribution < 1.29 is 28.2 Å². The summed E-state index contributed by atoms with van der Waals surface area (Å²) in [6, 6.07) is 5.54. The molecule has 5 nitrogen and oxygen atoms in total. The lowest BCUT2D eigenvalue weighted by molar-refractivity contribution is -0.0499. The number of methoxy groups -OCH3 is 1. The maximum Gasteiger partial charge on any atom is 0.387 e. The molecule has 0 heterocycles. The van der Waals surface area contributed by atoms with E-state index in [1.807, 2.05) is 0 Å². The molecule has 0 radical (unpaired) electrons. The van der Waals surface area contributed by atoms with Gasteiger partial charge in [0, 0.05) is 25.8 Å². The molecule has 7 heteroatoms. The van der Waals surface area contributed by atoms with E-state index < -0.39 is 6.61 Å². The molecule has 0 bridgehead atoms. The van der Waals surface area contributed by atoms with Gasteiger partial charge in [0.25, 0.3) is 5.91 Å². The van der Waals surface area contributed by atoms with Gasteiger partial charge in [-0.1, -0.05) is 6.07 Å². The van der Waals surface area contributed by atoms with Crippen LogP contribution < -0.4 is 4.74 Å². The monoisotopic (exact) mass is 289 g/mol. The number of rotatable bonds is 8. The van der Waals surface area contributed by atoms with E-state index in [1.54, 1.807) is 0 Å². The Morgan fingerprint density at radius 3 is 2.75 bits per heavy atom. The Morgan fingerprint density at radius 2 is 2.15 bits per heavy atom. The Labute approximate surface area is 115 Å². The normalized spacial score (nSPS) is 10.7. The molecule has 0 saturated carbocycles. The van der Waals surface area contributed by atoms with E-state index >= 15 is 0 Å². The lowest BCUT2D eigenvalue weighted by Crippen LogP contribution is -2.36. The number of carbonyl (C=O) groups excluding carboxylic acids is 1. The van der Waals surface area contributed by atoms with Crippen LogP contribution in [0.1, 0.15) is 10.4 Å². The first-order chi connectivity index (χ1) is 9.58. The number of aliphatic hydroxyl groups is 1. The number of halogens is 2. The number of aliphatic hydroxyl groups excluding tert-OH is 1. The molecular weight excluding hydrogens is 272 g/mol. The van der Waals surface area contributed by atoms with E-state index in [-0.39, 0.29) is 30.4 Å². The van der Waals surface area contributed by atoms with Gasteiger partial charge >= 0.3 is 6.61 Å². The van der Waals surface area contributed by atoms with Crippen LogP contribution in [0.15, 0.2) is 24.3 Å². The Bertz CT molecular complexity index is 429. The van der Waals surface area contributed by atoms with Crippen LogP contribution in [-0.4, -0.2) is 55.9 Å². The van der Waals surface area contributed by atoms with Crippen molar-refractivity contribution in [2.45, 2.75) is 6.61 Å². The number of ether oxygens (including phenoxy) is 2. The summed E-state index contributed by atoms with van der Waals surface area (Å²) in [7, 11) is 1.50. The highest BCUT2D eigenvalue weighted by Crippen LogP contribution is 2.17. The molecule has 0 aromatic heterocycles. The van der Waals surface area contributed by atoms with Crippen LogP contribution in [0.3, 0.4) is 0 Å². The van der Waals surface area contributed by atoms with Crippen LogP contribution in [0.2, 0.25) is 0 Å². The third-order valence-electron chi connectivity index (χ3n) is 2.53. The molecule has 112 valence electrons. The Kier molecular flexibility index (Phi) is 6.89. The third kappa shape index (κ3) is 5.10. The molecule has 1 N–H and O–H groups in total. The molecule has 0 aliphatic heterocycles. The molecule has 0 saturated heterocycles. The van der Waals surface area contributed by atoms with Crippen molar-refractivity contribution in [3.8, 4) is 5.75 Å². The van der Waals surface area contributed by atoms with Crippen molar-refractivity contribution in [1.82, 2.24) is 4.90 Å². The third-order valence-corrected chi connectivity index (χ3v) is 2.53. The van der Waals surface area contributed by atoms with Gasteiger partial charge in [-0.25, -0.2) is 0 Å². The van der Waals surface area contributed by atoms with E-state index in [1.165, 1.54) is 36.3 Å². The highest BCUT2D eigenvalue weighted by molar-refractivity contribution is 5.94. The van der Waals surface area contributed by atoms with Gasteiger partial charge in [-0.3, -0.25) is 4.79 Å². The predicted octanol–water partition coefficient (Wildman–Crippen LogP) is 1.37. The van der Waals surface area contributed by atoms with Gasteiger partial charge in [-0.15, -0.1) is 0 Å². The SMILES string of the molecule is COCCN(CCO)C(=O)c1cccc(OC(F)F)c1. The summed E-state index contributed by atoms with van der Waals surface area (Å²) in [6.07, 6.45) is 0. The largest absolute Gasteiger partial charge is 0.435 e. The fourth-order valence-corrected chi connectivity index (χ4v) is 1.62. The lowest BCUT2D eigenvalue weighted by Gasteiger charge is -2.21. The number of hydrogen-bond donors (Lipinski definition) is 1. The zero-order chi connectivity index (χ0) is 15.0. The standard InChI is InChI=1S/C13H17F2NO4/c1-19-8-6-16(5-7-17)12(18)10-3-2-4-11(9-10)20-13(14)15/h2-4,9,13,17H,5-8H2,1H3. The summed E-state index contributed by atoms with van der Waals surface area (Å²) in [4.78, 5) is 13.6. The van der Waals surface area contributed by atoms with Gasteiger partial charge in [-0.2, -0.15) is 8.78 Å². The number of nitrogens with zero attached hydrogens (tertiary/aromatic N) is 1. The minimum absolute atomic E-state index is 0.0819. The minimum atomic E-state index is -2.94. The van der Waals surface area contributed by atoms with E-state index in [0.29, 0.717) is 13.2 Å². The second kappa shape index (κ2) is 8.44. The number of amides is 1. The van der Waals surface area contributed by atoms with E-state index in [9.17, 15) is 13.6 Å². The zero-order valence-corrected chi connectivity index (χ0v) is 11.1. The van der Waals surface area contributed by atoms with E-state index in [0.717, 1.165) is 0 Å². The van der Waals surface area contributed by atoms with Gasteiger partial charge in [0.15, 0.2) is 0 Å². The molecule has 1 aromatic rings. The van der Waals surface area contributed by atoms with Gasteiger partial charge in [0.05, 0.1) is 13.2 Å². The van der Waals surface area contributed by atoms with Gasteiger partial charge in [0.2, 0.25) is 0 Å². The Morgan fingerprint density at radius 1 is 1.40 bits per heavy atom. The average molecular weight is 289 g/mol. The number of benzene rings is 1. The number of hydrogen-bond acceptors (Lipinski definition) is 4. The molecule has 0 aliphatic rings. The quantitative estimate of drug-likeness (QED) is 0.785. The van der Waals surface area contributed by atoms with Gasteiger partial charge < -0.3 is 19.5 Å². The minimum Gasteiger partial charge on any atom is -0.435 e. The predicted molar refractivity (Wildman–Crippen MR) is 67.9 cm³/mol. The molecule has 0 fully saturated rings. The van der Waals surface area contributed by atoms with E-state index in [4.69, 9.17) is 9.84 Å². The second-order valence-corrected chi connectivity index (χ2v) is 3.91. The molecular formula is C13H17F2NO4. The zero-order valence-electron chi connectivity index (χ0n) is 11.1. The maximum absolute atomic E-state index is 12.2. The van der Waals surface area contributed by atoms with Crippen molar-refractivity contribution >= 4 is 5.91 Å². The highest BCUT2D eigenvalue weighted by atomic mass is 19.3. The van der Waals surface area contributed by atoms with Crippen LogP contribution in [-0.2, 0) is 4.74 Å². The molecule has 0 unspecified atom stereocenters. The molecule has 1 amide bonds. The van der Waals surface area contributed by atoms with Crippen LogP contribution in [0.25, 0.3) is 0 Å². The smallest absolute Gasteiger partial charge is 0.387 e. The first-order valence-electron chi connectivity index (χ1n) is 6.02. The van der Waals surface area contributed by atoms with Crippen LogP contribution in [0.4, 0.5) is 8.78 Å². The molecule has 1 aromatic carbocycles. The topological polar surface area (TPSA) is 59.0 Å². The van der Waals surface area contributed by atoms with E-state index in [2.05, 4.69) is 4.74 Å². The fraction of sp³-hybridized carbons (Fsp3) is 0.462. The molecule has 0 aliphatic carbocycles. The van der Waals surface area contributed by atoms with Crippen molar-refractivity contribution in [1.29, 1.82) is 0 Å². The molecule has 0 spiro atoms. The summed E-state index contributed by atoms with van der Waals surface area (Å²) in [5, 5.41) is 8.95. The summed E-state index contributed by atoms with van der Waals surface area (Å²) in [5.41, 5.74) is 0.215. The van der Waals surface area contributed by atoms with Gasteiger partial charge in [-0.05, 0) is 18.2 Å². The summed E-state index contributed by atoms with van der Waals surface area (Å²) < 4.78 is 33.4. The van der Waals surface area contributed by atoms with Crippen LogP contribution in [0.5, 0.6) is 5.75 Å². The van der Waals surface area contributed by atoms with Crippen molar-refractivity contribution in [3.05, 3.63) is 29.8 Å². The average Bonchev–Trinajstić information content (AvgIpc) is 2.42. The van der Waals surface area contributed by atoms with Gasteiger partial charge in [0.1, 0.15) is 5.75 Å². The van der Waals surface area contributed by atoms with Crippen LogP contribution >= 0.6 is 0 Å². The molecule has 0 atom stereocenters. The fourth-order valence-electron chi connectivity index (χ4n) is 1.62. The molecule has 1 rings (SSSR count). The summed E-state index contributed by atoms with van der Waals surface area (Å²) in [6.45, 7) is -2.37. The summed E-state index contributed by atoms with van der Waals surface area (Å²) >= 11 is 0. The molecule has 20 heavy (non-hydrogen) atoms. The second-order valence-electron chi connectivity index (χ2n) is 3.91. The number of alkyl halides is 2. The first-order valence-corrected chi connectivity index (χ1v) is 6.02. The van der Waals surface area contributed by atoms with Crippen molar-refractivity contribution in [2.75, 3.05) is 33.4 Å². The van der Waals surface area contributed by atoms with Crippen molar-refractivity contribution in [2.24, 2.45) is 0 Å².